The van der Waals surface area contributed by atoms with Crippen LogP contribution in [0.4, 0.5) is 5.69 Å². The fourth-order valence-electron chi connectivity index (χ4n) is 2.07. The van der Waals surface area contributed by atoms with Gasteiger partial charge in [-0.05, 0) is 25.8 Å². The molecule has 19 heavy (non-hydrogen) atoms. The van der Waals surface area contributed by atoms with Crippen LogP contribution < -0.4 is 5.73 Å². The molecule has 0 aromatic carbocycles. The zero-order valence-electron chi connectivity index (χ0n) is 10.9. The van der Waals surface area contributed by atoms with E-state index in [0.29, 0.717) is 37.2 Å². The molecular weight excluding hydrogens is 244 g/mol. The Hall–Kier alpha value is -1.95. The fourth-order valence-corrected chi connectivity index (χ4v) is 2.07. The molecule has 2 rings (SSSR count). The molecule has 0 radical (unpaired) electrons. The van der Waals surface area contributed by atoms with E-state index >= 15 is 0 Å². The van der Waals surface area contributed by atoms with Crippen molar-refractivity contribution in [3.05, 3.63) is 23.5 Å². The van der Waals surface area contributed by atoms with Crippen molar-refractivity contribution in [2.45, 2.75) is 25.4 Å². The first-order chi connectivity index (χ1) is 8.93. The average Bonchev–Trinajstić information content (AvgIpc) is 2.38. The molecule has 1 aromatic heterocycles. The second-order valence-corrected chi connectivity index (χ2v) is 5.13. The van der Waals surface area contributed by atoms with E-state index in [1.807, 2.05) is 0 Å². The summed E-state index contributed by atoms with van der Waals surface area (Å²) in [5.41, 5.74) is 6.21. The summed E-state index contributed by atoms with van der Waals surface area (Å²) in [7, 11) is 0. The molecule has 6 nitrogen and oxygen atoms in total. The van der Waals surface area contributed by atoms with Gasteiger partial charge in [-0.2, -0.15) is 0 Å². The summed E-state index contributed by atoms with van der Waals surface area (Å²) in [5.74, 6) is -0.182. The van der Waals surface area contributed by atoms with Crippen LogP contribution in [-0.2, 0) is 0 Å². The number of anilines is 1. The first kappa shape index (κ1) is 13.5. The zero-order chi connectivity index (χ0) is 14.0. The van der Waals surface area contributed by atoms with Crippen molar-refractivity contribution in [2.24, 2.45) is 0 Å². The molecule has 0 aliphatic carbocycles. The maximum atomic E-state index is 12.2. The number of aliphatic hydroxyl groups is 1. The number of nitrogens with two attached hydrogens (primary N) is 1. The molecular formula is C13H18N4O2. The first-order valence-corrected chi connectivity index (χ1v) is 6.20. The summed E-state index contributed by atoms with van der Waals surface area (Å²) < 4.78 is 0. The van der Waals surface area contributed by atoms with Gasteiger partial charge in [0.1, 0.15) is 5.69 Å². The van der Waals surface area contributed by atoms with Gasteiger partial charge in [0, 0.05) is 36.8 Å². The molecule has 102 valence electrons. The van der Waals surface area contributed by atoms with Crippen LogP contribution in [0.25, 0.3) is 0 Å². The Morgan fingerprint density at radius 3 is 2.74 bits per heavy atom. The predicted octanol–water partition coefficient (Wildman–Crippen LogP) is 0.648. The quantitative estimate of drug-likeness (QED) is 0.681. The lowest BCUT2D eigenvalue weighted by Crippen LogP contribution is -2.45. The molecule has 1 saturated heterocycles. The highest BCUT2D eigenvalue weighted by Gasteiger charge is 2.30. The predicted molar refractivity (Wildman–Crippen MR) is 72.3 cm³/mol. The number of pyridine rings is 1. The number of carbonyl (C=O) groups is 1. The number of likely N-dealkylation sites (tertiary alicyclic amines) is 1. The lowest BCUT2D eigenvalue weighted by Gasteiger charge is -2.35. The molecule has 4 N–H and O–H groups in total. The van der Waals surface area contributed by atoms with E-state index < -0.39 is 5.60 Å². The van der Waals surface area contributed by atoms with Crippen molar-refractivity contribution >= 4 is 17.8 Å². The molecule has 0 saturated carbocycles. The van der Waals surface area contributed by atoms with Crippen LogP contribution in [-0.4, -0.2) is 45.8 Å². The number of nitrogens with zero attached hydrogens (tertiary/aromatic N) is 2. The maximum Gasteiger partial charge on any atom is 0.272 e. The van der Waals surface area contributed by atoms with Crippen LogP contribution in [0.2, 0.25) is 0 Å². The monoisotopic (exact) mass is 262 g/mol. The molecule has 0 spiro atoms. The molecule has 0 bridgehead atoms. The highest BCUT2D eigenvalue weighted by atomic mass is 16.3. The van der Waals surface area contributed by atoms with Crippen molar-refractivity contribution in [1.29, 1.82) is 5.41 Å². The minimum absolute atomic E-state index is 0.182. The van der Waals surface area contributed by atoms with Crippen LogP contribution in [0.5, 0.6) is 0 Å². The normalized spacial score (nSPS) is 18.1. The Balaban J connectivity index is 2.12. The Kier molecular flexibility index (Phi) is 3.53. The van der Waals surface area contributed by atoms with Crippen molar-refractivity contribution < 1.29 is 9.90 Å². The van der Waals surface area contributed by atoms with Crippen molar-refractivity contribution in [3.8, 4) is 0 Å². The topological polar surface area (TPSA) is 103 Å². The lowest BCUT2D eigenvalue weighted by molar-refractivity contribution is -0.00219. The van der Waals surface area contributed by atoms with Crippen LogP contribution >= 0.6 is 0 Å². The van der Waals surface area contributed by atoms with Gasteiger partial charge in [0.25, 0.3) is 5.91 Å². The van der Waals surface area contributed by atoms with Crippen LogP contribution in [0.1, 0.15) is 35.8 Å². The zero-order valence-corrected chi connectivity index (χ0v) is 10.9. The molecule has 2 heterocycles. The van der Waals surface area contributed by atoms with E-state index in [0.717, 1.165) is 6.21 Å². The van der Waals surface area contributed by atoms with Gasteiger partial charge in [-0.3, -0.25) is 9.78 Å². The largest absolute Gasteiger partial charge is 0.398 e. The van der Waals surface area contributed by atoms with Gasteiger partial charge >= 0.3 is 0 Å². The SMILES string of the molecule is CC1(O)CCN(C(=O)c2cc(N)c(C=N)cn2)CC1. The summed E-state index contributed by atoms with van der Waals surface area (Å²) >= 11 is 0. The van der Waals surface area contributed by atoms with Gasteiger partial charge in [-0.15, -0.1) is 0 Å². The average molecular weight is 262 g/mol. The van der Waals surface area contributed by atoms with Gasteiger partial charge in [-0.25, -0.2) is 0 Å². The van der Waals surface area contributed by atoms with Crippen LogP contribution in [0, 0.1) is 5.41 Å². The van der Waals surface area contributed by atoms with E-state index in [1.165, 1.54) is 12.3 Å². The number of hydrogen-bond acceptors (Lipinski definition) is 5. The molecule has 1 aromatic rings. The first-order valence-electron chi connectivity index (χ1n) is 6.20. The number of piperidine rings is 1. The Morgan fingerprint density at radius 1 is 1.58 bits per heavy atom. The summed E-state index contributed by atoms with van der Waals surface area (Å²) in [6.07, 6.45) is 3.66. The third-order valence-electron chi connectivity index (χ3n) is 3.47. The molecule has 1 aliphatic heterocycles. The molecule has 1 fully saturated rings. The molecule has 1 amide bonds. The summed E-state index contributed by atoms with van der Waals surface area (Å²) in [6, 6.07) is 1.50. The number of carbonyl (C=O) groups excluding carboxylic acids is 1. The minimum atomic E-state index is -0.687. The minimum Gasteiger partial charge on any atom is -0.398 e. The van der Waals surface area contributed by atoms with Gasteiger partial charge in [0.15, 0.2) is 0 Å². The number of nitrogen functional groups attached to an aromatic ring is 1. The van der Waals surface area contributed by atoms with Gasteiger partial charge in [0.2, 0.25) is 0 Å². The van der Waals surface area contributed by atoms with Crippen molar-refractivity contribution in [2.75, 3.05) is 18.8 Å². The number of rotatable bonds is 2. The van der Waals surface area contributed by atoms with Gasteiger partial charge in [0.05, 0.1) is 5.60 Å². The second-order valence-electron chi connectivity index (χ2n) is 5.13. The van der Waals surface area contributed by atoms with E-state index in [9.17, 15) is 9.90 Å². The van der Waals surface area contributed by atoms with Crippen LogP contribution in [0.15, 0.2) is 12.3 Å². The van der Waals surface area contributed by atoms with Crippen LogP contribution in [0.3, 0.4) is 0 Å². The fraction of sp³-hybridized carbons (Fsp3) is 0.462. The van der Waals surface area contributed by atoms with Crippen molar-refractivity contribution in [3.63, 3.8) is 0 Å². The van der Waals surface area contributed by atoms with Crippen molar-refractivity contribution in [1.82, 2.24) is 9.88 Å². The maximum absolute atomic E-state index is 12.2. The summed E-state index contributed by atoms with van der Waals surface area (Å²) in [4.78, 5) is 17.9. The van der Waals surface area contributed by atoms with E-state index in [1.54, 1.807) is 11.8 Å². The Bertz CT molecular complexity index is 503. The van der Waals surface area contributed by atoms with E-state index in [4.69, 9.17) is 11.1 Å². The Labute approximate surface area is 111 Å². The van der Waals surface area contributed by atoms with E-state index in [-0.39, 0.29) is 11.6 Å². The molecule has 1 aliphatic rings. The highest BCUT2D eigenvalue weighted by Crippen LogP contribution is 2.22. The number of nitrogens with one attached hydrogen (secondary N) is 1. The van der Waals surface area contributed by atoms with E-state index in [2.05, 4.69) is 4.98 Å². The second kappa shape index (κ2) is 4.97. The Morgan fingerprint density at radius 2 is 2.21 bits per heavy atom. The number of hydrogen-bond donors (Lipinski definition) is 3. The van der Waals surface area contributed by atoms with Gasteiger partial charge < -0.3 is 21.1 Å². The third-order valence-corrected chi connectivity index (χ3v) is 3.47. The highest BCUT2D eigenvalue weighted by molar-refractivity contribution is 5.95. The number of aromatic nitrogens is 1. The summed E-state index contributed by atoms with van der Waals surface area (Å²) in [5, 5.41) is 17.0. The molecule has 0 unspecified atom stereocenters. The third kappa shape index (κ3) is 2.90. The smallest absolute Gasteiger partial charge is 0.272 e. The standard InChI is InChI=1S/C13H18N4O2/c1-13(19)2-4-17(5-3-13)12(18)11-6-10(15)9(7-14)8-16-11/h6-8,14,19H,2-5H2,1H3,(H2,15,16). The number of amides is 1. The lowest BCUT2D eigenvalue weighted by atomic mass is 9.93. The van der Waals surface area contributed by atoms with Gasteiger partial charge in [-0.1, -0.05) is 0 Å². The summed E-state index contributed by atoms with van der Waals surface area (Å²) in [6.45, 7) is 2.81. The molecule has 0 atom stereocenters. The molecule has 6 heteroatoms.